The maximum Gasteiger partial charge on any atom is 0.410 e. The fraction of sp³-hybridized carbons (Fsp3) is 0.652. The molecule has 2 atom stereocenters. The Kier molecular flexibility index (Phi) is 7.52. The average Bonchev–Trinajstić information content (AvgIpc) is 3.54. The first-order valence-electron chi connectivity index (χ1n) is 11.9. The van der Waals surface area contributed by atoms with E-state index < -0.39 is 0 Å². The molecule has 2 aromatic heterocycles. The molecule has 0 spiro atoms. The molecule has 186 valence electrons. The van der Waals surface area contributed by atoms with Gasteiger partial charge in [-0.15, -0.1) is 0 Å². The number of aryl methyl sites for hydroxylation is 1. The van der Waals surface area contributed by atoms with Crippen LogP contribution in [0.5, 0.6) is 0 Å². The van der Waals surface area contributed by atoms with Crippen LogP contribution >= 0.6 is 0 Å². The molecular formula is C23H35N7O4. The van der Waals surface area contributed by atoms with E-state index >= 15 is 0 Å². The minimum Gasteiger partial charge on any atom is -0.446 e. The standard InChI is InChI=1S/C23H35N7O4/c1-15(2)29-7-9-30(10-8-29)23(32)34-18-6-5-16(11-18)19-13-21(26-25-19)24-22(31)20-12-17(14-33-4)27-28(20)3/h12-13,15-16,18H,5-11,14H2,1-4H3,(H2,24,25,26,31)/t16-,18+/m0/s1. The number of aromatic nitrogens is 4. The largest absolute Gasteiger partial charge is 0.446 e. The summed E-state index contributed by atoms with van der Waals surface area (Å²) in [5, 5.41) is 14.4. The van der Waals surface area contributed by atoms with Crippen LogP contribution in [0.3, 0.4) is 0 Å². The van der Waals surface area contributed by atoms with Gasteiger partial charge in [-0.25, -0.2) is 4.79 Å². The molecule has 1 aliphatic carbocycles. The summed E-state index contributed by atoms with van der Waals surface area (Å²) < 4.78 is 12.4. The van der Waals surface area contributed by atoms with Crippen molar-refractivity contribution in [1.29, 1.82) is 0 Å². The zero-order chi connectivity index (χ0) is 24.2. The number of amides is 2. The number of carbonyl (C=O) groups is 2. The third-order valence-corrected chi connectivity index (χ3v) is 6.69. The second-order valence-electron chi connectivity index (χ2n) is 9.37. The first kappa shape index (κ1) is 24.2. The van der Waals surface area contributed by atoms with Gasteiger partial charge >= 0.3 is 6.09 Å². The zero-order valence-electron chi connectivity index (χ0n) is 20.4. The van der Waals surface area contributed by atoms with Crippen LogP contribution in [0.15, 0.2) is 12.1 Å². The van der Waals surface area contributed by atoms with Crippen LogP contribution in [0.25, 0.3) is 0 Å². The summed E-state index contributed by atoms with van der Waals surface area (Å²) in [5.74, 6) is 0.378. The van der Waals surface area contributed by atoms with Crippen molar-refractivity contribution in [3.05, 3.63) is 29.2 Å². The van der Waals surface area contributed by atoms with Crippen LogP contribution in [-0.4, -0.2) is 87.2 Å². The summed E-state index contributed by atoms with van der Waals surface area (Å²) >= 11 is 0. The molecule has 0 bridgehead atoms. The highest BCUT2D eigenvalue weighted by Crippen LogP contribution is 2.36. The normalized spacial score (nSPS) is 21.3. The van der Waals surface area contributed by atoms with Crippen molar-refractivity contribution in [1.82, 2.24) is 29.8 Å². The van der Waals surface area contributed by atoms with Gasteiger partial charge in [0.2, 0.25) is 0 Å². The van der Waals surface area contributed by atoms with Gasteiger partial charge in [0.15, 0.2) is 5.82 Å². The van der Waals surface area contributed by atoms with Gasteiger partial charge in [-0.05, 0) is 39.2 Å². The van der Waals surface area contributed by atoms with E-state index in [4.69, 9.17) is 9.47 Å². The van der Waals surface area contributed by atoms with Crippen LogP contribution in [0.2, 0.25) is 0 Å². The van der Waals surface area contributed by atoms with Gasteiger partial charge in [0.05, 0.1) is 12.3 Å². The molecule has 11 nitrogen and oxygen atoms in total. The van der Waals surface area contributed by atoms with E-state index in [-0.39, 0.29) is 24.0 Å². The third-order valence-electron chi connectivity index (χ3n) is 6.69. The van der Waals surface area contributed by atoms with Crippen molar-refractivity contribution < 1.29 is 19.1 Å². The second kappa shape index (κ2) is 10.6. The van der Waals surface area contributed by atoms with Crippen molar-refractivity contribution in [2.45, 2.75) is 57.8 Å². The lowest BCUT2D eigenvalue weighted by atomic mass is 10.0. The maximum absolute atomic E-state index is 12.6. The van der Waals surface area contributed by atoms with E-state index in [9.17, 15) is 9.59 Å². The highest BCUT2D eigenvalue weighted by molar-refractivity contribution is 6.02. The molecule has 2 amide bonds. The molecule has 1 aliphatic heterocycles. The van der Waals surface area contributed by atoms with E-state index in [0.29, 0.717) is 42.9 Å². The van der Waals surface area contributed by atoms with E-state index in [1.165, 1.54) is 4.68 Å². The smallest absolute Gasteiger partial charge is 0.410 e. The van der Waals surface area contributed by atoms with Crippen LogP contribution < -0.4 is 5.32 Å². The number of methoxy groups -OCH3 is 1. The van der Waals surface area contributed by atoms with Gasteiger partial charge in [-0.1, -0.05) is 0 Å². The summed E-state index contributed by atoms with van der Waals surface area (Å²) in [6.45, 7) is 7.88. The highest BCUT2D eigenvalue weighted by Gasteiger charge is 2.32. The molecule has 2 N–H and O–H groups in total. The molecule has 0 radical (unpaired) electrons. The predicted octanol–water partition coefficient (Wildman–Crippen LogP) is 2.34. The maximum atomic E-state index is 12.6. The van der Waals surface area contributed by atoms with Crippen molar-refractivity contribution in [3.8, 4) is 0 Å². The summed E-state index contributed by atoms with van der Waals surface area (Å²) in [7, 11) is 3.30. The average molecular weight is 474 g/mol. The quantitative estimate of drug-likeness (QED) is 0.634. The van der Waals surface area contributed by atoms with E-state index in [1.54, 1.807) is 20.2 Å². The van der Waals surface area contributed by atoms with Gasteiger partial charge in [0.1, 0.15) is 11.8 Å². The zero-order valence-corrected chi connectivity index (χ0v) is 20.4. The van der Waals surface area contributed by atoms with Crippen LogP contribution in [0, 0.1) is 0 Å². The number of piperazine rings is 1. The van der Waals surface area contributed by atoms with Crippen molar-refractivity contribution in [2.24, 2.45) is 7.05 Å². The molecule has 1 saturated carbocycles. The Morgan fingerprint density at radius 2 is 1.97 bits per heavy atom. The lowest BCUT2D eigenvalue weighted by Gasteiger charge is -2.36. The Labute approximate surface area is 199 Å². The fourth-order valence-electron chi connectivity index (χ4n) is 4.72. The number of hydrogen-bond donors (Lipinski definition) is 2. The first-order chi connectivity index (χ1) is 16.3. The number of rotatable bonds is 7. The number of aromatic amines is 1. The van der Waals surface area contributed by atoms with E-state index in [1.807, 2.05) is 11.0 Å². The van der Waals surface area contributed by atoms with E-state index in [0.717, 1.165) is 38.0 Å². The molecular weight excluding hydrogens is 438 g/mol. The topological polar surface area (TPSA) is 118 Å². The SMILES string of the molecule is COCc1cc(C(=O)Nc2cc([C@H]3CC[C@@H](OC(=O)N4CCN(C(C)C)CC4)C3)[nH]n2)n(C)n1. The fourth-order valence-corrected chi connectivity index (χ4v) is 4.72. The summed E-state index contributed by atoms with van der Waals surface area (Å²) in [6.07, 6.45) is 2.15. The number of carbonyl (C=O) groups excluding carboxylic acids is 2. The minimum absolute atomic E-state index is 0.101. The predicted molar refractivity (Wildman–Crippen MR) is 126 cm³/mol. The number of nitrogens with one attached hydrogen (secondary N) is 2. The third kappa shape index (κ3) is 5.58. The lowest BCUT2D eigenvalue weighted by Crippen LogP contribution is -2.51. The molecule has 34 heavy (non-hydrogen) atoms. The summed E-state index contributed by atoms with van der Waals surface area (Å²) in [5.41, 5.74) is 2.05. The number of nitrogens with zero attached hydrogens (tertiary/aromatic N) is 5. The summed E-state index contributed by atoms with van der Waals surface area (Å²) in [6, 6.07) is 4.05. The molecule has 2 aromatic rings. The number of H-pyrrole nitrogens is 1. The van der Waals surface area contributed by atoms with Crippen LogP contribution in [0.4, 0.5) is 10.6 Å². The van der Waals surface area contributed by atoms with E-state index in [2.05, 4.69) is 39.4 Å². The molecule has 0 aromatic carbocycles. The summed E-state index contributed by atoms with van der Waals surface area (Å²) in [4.78, 5) is 29.4. The van der Waals surface area contributed by atoms with Gasteiger partial charge in [-0.2, -0.15) is 10.2 Å². The second-order valence-corrected chi connectivity index (χ2v) is 9.37. The minimum atomic E-state index is -0.286. The first-order valence-corrected chi connectivity index (χ1v) is 11.9. The molecule has 4 rings (SSSR count). The van der Waals surface area contributed by atoms with Crippen molar-refractivity contribution >= 4 is 17.8 Å². The monoisotopic (exact) mass is 473 g/mol. The van der Waals surface area contributed by atoms with Gasteiger partial charge in [0.25, 0.3) is 5.91 Å². The number of anilines is 1. The number of ether oxygens (including phenoxy) is 2. The molecule has 2 aliphatic rings. The van der Waals surface area contributed by atoms with Gasteiger partial charge in [0, 0.05) is 64.1 Å². The molecule has 11 heteroatoms. The van der Waals surface area contributed by atoms with Gasteiger partial charge < -0.3 is 19.7 Å². The van der Waals surface area contributed by atoms with Crippen LogP contribution in [0.1, 0.15) is 60.9 Å². The van der Waals surface area contributed by atoms with Gasteiger partial charge in [-0.3, -0.25) is 19.5 Å². The molecule has 3 heterocycles. The Balaban J connectivity index is 1.27. The Hall–Kier alpha value is -2.92. The highest BCUT2D eigenvalue weighted by atomic mass is 16.6. The lowest BCUT2D eigenvalue weighted by molar-refractivity contribution is 0.0430. The molecule has 1 saturated heterocycles. The number of hydrogen-bond acceptors (Lipinski definition) is 7. The molecule has 2 fully saturated rings. The van der Waals surface area contributed by atoms with Crippen molar-refractivity contribution in [2.75, 3.05) is 38.6 Å². The van der Waals surface area contributed by atoms with Crippen molar-refractivity contribution in [3.63, 3.8) is 0 Å². The Bertz CT molecular complexity index is 993. The Morgan fingerprint density at radius 3 is 2.68 bits per heavy atom. The van der Waals surface area contributed by atoms with Crippen LogP contribution in [-0.2, 0) is 23.1 Å². The molecule has 0 unspecified atom stereocenters. The Morgan fingerprint density at radius 1 is 1.21 bits per heavy atom.